The molecule has 0 spiro atoms. The molecular formula is C15H21ClF4N2O. The highest BCUT2D eigenvalue weighted by Crippen LogP contribution is 2.31. The number of methoxy groups -OCH3 is 1. The number of rotatable bonds is 4. The van der Waals surface area contributed by atoms with Crippen molar-refractivity contribution in [3.8, 4) is 0 Å². The molecule has 2 atom stereocenters. The van der Waals surface area contributed by atoms with Crippen LogP contribution < -0.4 is 5.73 Å². The van der Waals surface area contributed by atoms with Gasteiger partial charge in [-0.05, 0) is 36.6 Å². The third-order valence-electron chi connectivity index (χ3n) is 4.07. The van der Waals surface area contributed by atoms with Crippen molar-refractivity contribution in [1.82, 2.24) is 4.90 Å². The normalized spacial score (nSPS) is 22.7. The van der Waals surface area contributed by atoms with Gasteiger partial charge >= 0.3 is 6.18 Å². The van der Waals surface area contributed by atoms with Crippen LogP contribution in [0.4, 0.5) is 17.6 Å². The molecule has 1 fully saturated rings. The Balaban J connectivity index is 0.00000264. The molecule has 3 nitrogen and oxygen atoms in total. The maximum atomic E-state index is 13.4. The van der Waals surface area contributed by atoms with E-state index in [4.69, 9.17) is 10.5 Å². The van der Waals surface area contributed by atoms with E-state index in [0.29, 0.717) is 24.7 Å². The number of benzene rings is 1. The van der Waals surface area contributed by atoms with Gasteiger partial charge in [-0.25, -0.2) is 4.39 Å². The number of nitrogens with zero attached hydrogens (tertiary/aromatic N) is 1. The Bertz CT molecular complexity index is 513. The molecule has 0 bridgehead atoms. The Kier molecular flexibility index (Phi) is 7.26. The number of ether oxygens (including phenoxy) is 1. The van der Waals surface area contributed by atoms with Crippen LogP contribution in [0, 0.1) is 5.82 Å². The van der Waals surface area contributed by atoms with Crippen molar-refractivity contribution >= 4 is 12.4 Å². The highest BCUT2D eigenvalue weighted by atomic mass is 35.5. The van der Waals surface area contributed by atoms with Gasteiger partial charge in [-0.2, -0.15) is 13.2 Å². The van der Waals surface area contributed by atoms with Gasteiger partial charge < -0.3 is 10.5 Å². The van der Waals surface area contributed by atoms with E-state index < -0.39 is 17.6 Å². The van der Waals surface area contributed by atoms with Crippen LogP contribution in [0.2, 0.25) is 0 Å². The molecule has 0 aromatic heterocycles. The third kappa shape index (κ3) is 5.31. The number of hydrogen-bond acceptors (Lipinski definition) is 3. The SMILES string of the molecule is COC1CCN(Cc2cc(F)cc(C(F)(F)F)c2)C(CN)C1.Cl. The molecule has 1 aromatic rings. The van der Waals surface area contributed by atoms with Crippen LogP contribution in [0.25, 0.3) is 0 Å². The smallest absolute Gasteiger partial charge is 0.381 e. The molecule has 2 N–H and O–H groups in total. The van der Waals surface area contributed by atoms with Gasteiger partial charge in [0.25, 0.3) is 0 Å². The van der Waals surface area contributed by atoms with Gasteiger partial charge in [0.1, 0.15) is 5.82 Å². The average molecular weight is 357 g/mol. The maximum absolute atomic E-state index is 13.4. The highest BCUT2D eigenvalue weighted by Gasteiger charge is 2.32. The zero-order valence-corrected chi connectivity index (χ0v) is 13.6. The lowest BCUT2D eigenvalue weighted by atomic mass is 9.98. The number of likely N-dealkylation sites (tertiary alicyclic amines) is 1. The fourth-order valence-electron chi connectivity index (χ4n) is 2.87. The minimum atomic E-state index is -4.55. The molecule has 2 unspecified atom stereocenters. The Morgan fingerprint density at radius 2 is 2.00 bits per heavy atom. The number of nitrogens with two attached hydrogens (primary N) is 1. The van der Waals surface area contributed by atoms with Gasteiger partial charge in [0, 0.05) is 32.8 Å². The summed E-state index contributed by atoms with van der Waals surface area (Å²) < 4.78 is 57.0. The second-order valence-electron chi connectivity index (χ2n) is 5.59. The molecule has 0 saturated carbocycles. The predicted molar refractivity (Wildman–Crippen MR) is 81.9 cm³/mol. The molecular weight excluding hydrogens is 336 g/mol. The fraction of sp³-hybridized carbons (Fsp3) is 0.600. The first kappa shape index (κ1) is 20.2. The second-order valence-corrected chi connectivity index (χ2v) is 5.59. The van der Waals surface area contributed by atoms with Crippen molar-refractivity contribution in [3.05, 3.63) is 35.1 Å². The van der Waals surface area contributed by atoms with Crippen LogP contribution >= 0.6 is 12.4 Å². The third-order valence-corrected chi connectivity index (χ3v) is 4.07. The summed E-state index contributed by atoms with van der Waals surface area (Å²) in [6.07, 6.45) is -2.92. The lowest BCUT2D eigenvalue weighted by Gasteiger charge is -2.38. The van der Waals surface area contributed by atoms with E-state index in [1.54, 1.807) is 7.11 Å². The molecule has 1 aromatic carbocycles. The van der Waals surface area contributed by atoms with E-state index in [0.717, 1.165) is 25.0 Å². The zero-order valence-electron chi connectivity index (χ0n) is 12.8. The van der Waals surface area contributed by atoms with Crippen LogP contribution in [-0.2, 0) is 17.5 Å². The Morgan fingerprint density at radius 3 is 2.57 bits per heavy atom. The Hall–Kier alpha value is -0.890. The van der Waals surface area contributed by atoms with Crippen LogP contribution in [0.3, 0.4) is 0 Å². The first-order valence-corrected chi connectivity index (χ1v) is 7.17. The molecule has 1 heterocycles. The van der Waals surface area contributed by atoms with Crippen LogP contribution in [0.5, 0.6) is 0 Å². The van der Waals surface area contributed by atoms with Crippen molar-refractivity contribution in [2.45, 2.75) is 37.7 Å². The first-order chi connectivity index (χ1) is 10.3. The molecule has 0 amide bonds. The molecule has 23 heavy (non-hydrogen) atoms. The van der Waals surface area contributed by atoms with Crippen LogP contribution in [0.1, 0.15) is 24.0 Å². The van der Waals surface area contributed by atoms with E-state index >= 15 is 0 Å². The zero-order chi connectivity index (χ0) is 16.3. The van der Waals surface area contributed by atoms with E-state index in [2.05, 4.69) is 0 Å². The van der Waals surface area contributed by atoms with E-state index in [1.807, 2.05) is 4.90 Å². The van der Waals surface area contributed by atoms with Crippen LogP contribution in [0.15, 0.2) is 18.2 Å². The van der Waals surface area contributed by atoms with Gasteiger partial charge in [0.05, 0.1) is 11.7 Å². The predicted octanol–water partition coefficient (Wildman–Crippen LogP) is 3.20. The summed E-state index contributed by atoms with van der Waals surface area (Å²) in [5.41, 5.74) is 5.09. The van der Waals surface area contributed by atoms with Crippen molar-refractivity contribution in [2.75, 3.05) is 20.2 Å². The summed E-state index contributed by atoms with van der Waals surface area (Å²) in [4.78, 5) is 1.99. The molecule has 2 rings (SSSR count). The van der Waals surface area contributed by atoms with Gasteiger partial charge in [0.2, 0.25) is 0 Å². The molecule has 132 valence electrons. The van der Waals surface area contributed by atoms with Crippen molar-refractivity contribution in [3.63, 3.8) is 0 Å². The summed E-state index contributed by atoms with van der Waals surface area (Å²) in [5.74, 6) is -0.874. The lowest BCUT2D eigenvalue weighted by Crippen LogP contribution is -2.48. The average Bonchev–Trinajstić information content (AvgIpc) is 2.46. The Labute approximate surface area is 139 Å². The van der Waals surface area contributed by atoms with Crippen LogP contribution in [-0.4, -0.2) is 37.2 Å². The summed E-state index contributed by atoms with van der Waals surface area (Å²) in [6, 6.07) is 2.68. The molecule has 1 aliphatic heterocycles. The fourth-order valence-corrected chi connectivity index (χ4v) is 2.87. The minimum absolute atomic E-state index is 0. The van der Waals surface area contributed by atoms with Crippen molar-refractivity contribution < 1.29 is 22.3 Å². The number of piperidine rings is 1. The Morgan fingerprint density at radius 1 is 1.30 bits per heavy atom. The molecule has 8 heteroatoms. The van der Waals surface area contributed by atoms with Gasteiger partial charge in [-0.3, -0.25) is 4.90 Å². The molecule has 1 aliphatic rings. The summed E-state index contributed by atoms with van der Waals surface area (Å²) in [6.45, 7) is 1.30. The lowest BCUT2D eigenvalue weighted by molar-refractivity contribution is -0.137. The number of hydrogen-bond donors (Lipinski definition) is 1. The minimum Gasteiger partial charge on any atom is -0.381 e. The summed E-state index contributed by atoms with van der Waals surface area (Å²) >= 11 is 0. The largest absolute Gasteiger partial charge is 0.416 e. The number of alkyl halides is 3. The van der Waals surface area contributed by atoms with E-state index in [9.17, 15) is 17.6 Å². The maximum Gasteiger partial charge on any atom is 0.416 e. The standard InChI is InChI=1S/C15H20F4N2O.ClH/c1-22-14-2-3-21(13(7-14)8-20)9-10-4-11(15(17,18)19)6-12(16)5-10;/h4-6,13-14H,2-3,7-9,20H2,1H3;1H. The van der Waals surface area contributed by atoms with Crippen molar-refractivity contribution in [1.29, 1.82) is 0 Å². The monoisotopic (exact) mass is 356 g/mol. The highest BCUT2D eigenvalue weighted by molar-refractivity contribution is 5.85. The topological polar surface area (TPSA) is 38.5 Å². The van der Waals surface area contributed by atoms with Gasteiger partial charge in [-0.1, -0.05) is 0 Å². The molecule has 1 saturated heterocycles. The van der Waals surface area contributed by atoms with Gasteiger partial charge in [0.15, 0.2) is 0 Å². The number of halogens is 5. The van der Waals surface area contributed by atoms with Gasteiger partial charge in [-0.15, -0.1) is 12.4 Å². The summed E-state index contributed by atoms with van der Waals surface area (Å²) in [5, 5.41) is 0. The first-order valence-electron chi connectivity index (χ1n) is 7.17. The molecule has 0 aliphatic carbocycles. The quantitative estimate of drug-likeness (QED) is 0.842. The molecule has 0 radical (unpaired) electrons. The van der Waals surface area contributed by atoms with E-state index in [-0.39, 0.29) is 31.1 Å². The van der Waals surface area contributed by atoms with Crippen molar-refractivity contribution in [2.24, 2.45) is 5.73 Å². The van der Waals surface area contributed by atoms with E-state index in [1.165, 1.54) is 0 Å². The second kappa shape index (κ2) is 8.28. The summed E-state index contributed by atoms with van der Waals surface area (Å²) in [7, 11) is 1.64.